The summed E-state index contributed by atoms with van der Waals surface area (Å²) in [4.78, 5) is 14.7. The Labute approximate surface area is 146 Å². The van der Waals surface area contributed by atoms with E-state index in [1.54, 1.807) is 6.07 Å². The molecule has 3 aliphatic heterocycles. The van der Waals surface area contributed by atoms with Crippen molar-refractivity contribution >= 4 is 11.3 Å². The first-order chi connectivity index (χ1) is 11.7. The van der Waals surface area contributed by atoms with Gasteiger partial charge in [-0.05, 0) is 44.9 Å². The smallest absolute Gasteiger partial charge is 0.287 e. The number of fused-ring (bicyclic) bond motifs is 5. The van der Waals surface area contributed by atoms with Crippen LogP contribution in [0.3, 0.4) is 0 Å². The van der Waals surface area contributed by atoms with Crippen molar-refractivity contribution in [1.82, 2.24) is 4.98 Å². The van der Waals surface area contributed by atoms with Gasteiger partial charge in [0.05, 0.1) is 16.2 Å². The normalized spacial score (nSPS) is 42.2. The lowest BCUT2D eigenvalue weighted by atomic mass is 9.90. The fraction of sp³-hybridized carbons (Fsp3) is 0.611. The molecule has 25 heavy (non-hydrogen) atoms. The Morgan fingerprint density at radius 1 is 1.28 bits per heavy atom. The Hall–Kier alpha value is -1.83. The van der Waals surface area contributed by atoms with Crippen molar-refractivity contribution < 1.29 is 19.1 Å². The summed E-state index contributed by atoms with van der Waals surface area (Å²) in [5.41, 5.74) is 0.595. The van der Waals surface area contributed by atoms with Gasteiger partial charge in [0.1, 0.15) is 24.0 Å². The molecule has 4 heterocycles. The summed E-state index contributed by atoms with van der Waals surface area (Å²) in [5.74, 6) is -0.585. The van der Waals surface area contributed by atoms with E-state index in [1.807, 2.05) is 33.8 Å². The van der Waals surface area contributed by atoms with Gasteiger partial charge in [-0.25, -0.2) is 4.98 Å². The number of rotatable bonds is 3. The summed E-state index contributed by atoms with van der Waals surface area (Å²) in [6.45, 7) is 8.06. The zero-order valence-corrected chi connectivity index (χ0v) is 14.8. The van der Waals surface area contributed by atoms with Gasteiger partial charge in [0, 0.05) is 12.5 Å². The summed E-state index contributed by atoms with van der Waals surface area (Å²) in [6.07, 6.45) is 4.38. The van der Waals surface area contributed by atoms with Gasteiger partial charge in [0.15, 0.2) is 5.79 Å². The molecule has 2 bridgehead atoms. The highest BCUT2D eigenvalue weighted by Gasteiger charge is 2.67. The van der Waals surface area contributed by atoms with Gasteiger partial charge < -0.3 is 14.2 Å². The molecule has 7 heteroatoms. The molecule has 4 rings (SSSR count). The van der Waals surface area contributed by atoms with E-state index in [0.717, 1.165) is 17.7 Å². The molecule has 0 radical (unpaired) electrons. The van der Waals surface area contributed by atoms with Gasteiger partial charge in [-0.3, -0.25) is 10.1 Å². The molecule has 134 valence electrons. The minimum Gasteiger partial charge on any atom is -0.359 e. The lowest BCUT2D eigenvalue weighted by Gasteiger charge is -2.39. The molecular weight excluding hydrogens is 324 g/mol. The molecule has 0 aliphatic carbocycles. The SMILES string of the molecule is CCC1(C)O[C@@H]2[C@H](O1)[C@@]1(C)C=C(c3ccc([N+](=O)[O-])cn3)C[C@]2(C)O1. The molecule has 0 amide bonds. The summed E-state index contributed by atoms with van der Waals surface area (Å²) < 4.78 is 18.8. The van der Waals surface area contributed by atoms with Gasteiger partial charge in [-0.15, -0.1) is 0 Å². The molecule has 0 aromatic carbocycles. The molecule has 1 aromatic heterocycles. The molecule has 0 N–H and O–H groups in total. The average molecular weight is 346 g/mol. The molecule has 1 unspecified atom stereocenters. The Balaban J connectivity index is 1.70. The predicted octanol–water partition coefficient (Wildman–Crippen LogP) is 3.23. The Kier molecular flexibility index (Phi) is 3.39. The van der Waals surface area contributed by atoms with Crippen LogP contribution in [0.25, 0.3) is 5.57 Å². The molecule has 3 aliphatic rings. The fourth-order valence-electron chi connectivity index (χ4n) is 4.21. The second-order valence-corrected chi connectivity index (χ2v) is 7.67. The monoisotopic (exact) mass is 346 g/mol. The number of hydrogen-bond donors (Lipinski definition) is 0. The van der Waals surface area contributed by atoms with Crippen molar-refractivity contribution in [2.24, 2.45) is 0 Å². The second-order valence-electron chi connectivity index (χ2n) is 7.67. The molecule has 0 saturated carbocycles. The van der Waals surface area contributed by atoms with Crippen molar-refractivity contribution in [1.29, 1.82) is 0 Å². The van der Waals surface area contributed by atoms with Crippen LogP contribution in [0.15, 0.2) is 24.4 Å². The quantitative estimate of drug-likeness (QED) is 0.617. The van der Waals surface area contributed by atoms with Gasteiger partial charge in [0.25, 0.3) is 5.69 Å². The van der Waals surface area contributed by atoms with E-state index in [0.29, 0.717) is 6.42 Å². The number of hydrogen-bond acceptors (Lipinski definition) is 6. The molecule has 5 atom stereocenters. The van der Waals surface area contributed by atoms with Crippen LogP contribution in [-0.4, -0.2) is 39.1 Å². The van der Waals surface area contributed by atoms with Crippen LogP contribution in [0.1, 0.15) is 46.2 Å². The first kappa shape index (κ1) is 16.6. The Morgan fingerprint density at radius 3 is 2.60 bits per heavy atom. The maximum absolute atomic E-state index is 10.8. The van der Waals surface area contributed by atoms with Gasteiger partial charge >= 0.3 is 0 Å². The van der Waals surface area contributed by atoms with E-state index in [9.17, 15) is 10.1 Å². The number of pyridine rings is 1. The molecule has 2 fully saturated rings. The zero-order chi connectivity index (χ0) is 18.0. The largest absolute Gasteiger partial charge is 0.359 e. The zero-order valence-electron chi connectivity index (χ0n) is 14.8. The molecule has 1 aromatic rings. The second kappa shape index (κ2) is 5.09. The highest BCUT2D eigenvalue weighted by Crippen LogP contribution is 2.56. The number of nitrogens with zero attached hydrogens (tertiary/aromatic N) is 2. The van der Waals surface area contributed by atoms with Gasteiger partial charge in [-0.2, -0.15) is 0 Å². The van der Waals surface area contributed by atoms with Crippen molar-refractivity contribution in [2.45, 2.75) is 69.7 Å². The molecule has 0 spiro atoms. The van der Waals surface area contributed by atoms with Crippen LogP contribution in [0, 0.1) is 10.1 Å². The lowest BCUT2D eigenvalue weighted by Crippen LogP contribution is -2.43. The van der Waals surface area contributed by atoms with E-state index < -0.39 is 21.9 Å². The van der Waals surface area contributed by atoms with E-state index in [2.05, 4.69) is 4.98 Å². The number of nitro groups is 1. The van der Waals surface area contributed by atoms with Crippen LogP contribution < -0.4 is 0 Å². The third-order valence-corrected chi connectivity index (χ3v) is 5.58. The third-order valence-electron chi connectivity index (χ3n) is 5.58. The number of ether oxygens (including phenoxy) is 3. The highest BCUT2D eigenvalue weighted by molar-refractivity contribution is 5.67. The van der Waals surface area contributed by atoms with Crippen molar-refractivity contribution in [2.75, 3.05) is 0 Å². The van der Waals surface area contributed by atoms with E-state index in [4.69, 9.17) is 14.2 Å². The minimum atomic E-state index is -0.608. The molecular formula is C18H22N2O5. The third kappa shape index (κ3) is 2.41. The van der Waals surface area contributed by atoms with Gasteiger partial charge in [0.2, 0.25) is 0 Å². The maximum atomic E-state index is 10.8. The van der Waals surface area contributed by atoms with E-state index in [1.165, 1.54) is 12.3 Å². The van der Waals surface area contributed by atoms with E-state index >= 15 is 0 Å². The minimum absolute atomic E-state index is 0.0148. The van der Waals surface area contributed by atoms with Crippen molar-refractivity contribution in [3.63, 3.8) is 0 Å². The van der Waals surface area contributed by atoms with Crippen LogP contribution in [0.2, 0.25) is 0 Å². The Morgan fingerprint density at radius 2 is 2.00 bits per heavy atom. The summed E-state index contributed by atoms with van der Waals surface area (Å²) in [7, 11) is 0. The van der Waals surface area contributed by atoms with E-state index in [-0.39, 0.29) is 17.9 Å². The van der Waals surface area contributed by atoms with Crippen LogP contribution in [0.5, 0.6) is 0 Å². The van der Waals surface area contributed by atoms with Crippen LogP contribution >= 0.6 is 0 Å². The predicted molar refractivity (Wildman–Crippen MR) is 89.8 cm³/mol. The van der Waals surface area contributed by atoms with Crippen LogP contribution in [-0.2, 0) is 14.2 Å². The maximum Gasteiger partial charge on any atom is 0.287 e. The average Bonchev–Trinajstić information content (AvgIpc) is 3.00. The topological polar surface area (TPSA) is 83.7 Å². The van der Waals surface area contributed by atoms with Crippen molar-refractivity contribution in [3.8, 4) is 0 Å². The number of aromatic nitrogens is 1. The van der Waals surface area contributed by atoms with Gasteiger partial charge in [-0.1, -0.05) is 6.92 Å². The lowest BCUT2D eigenvalue weighted by molar-refractivity contribution is -0.385. The van der Waals surface area contributed by atoms with Crippen LogP contribution in [0.4, 0.5) is 5.69 Å². The summed E-state index contributed by atoms with van der Waals surface area (Å²) in [6, 6.07) is 3.17. The molecule has 2 saturated heterocycles. The molecule has 7 nitrogen and oxygen atoms in total. The van der Waals surface area contributed by atoms with Crippen molar-refractivity contribution in [3.05, 3.63) is 40.2 Å². The fourth-order valence-corrected chi connectivity index (χ4v) is 4.21. The first-order valence-corrected chi connectivity index (χ1v) is 8.56. The first-order valence-electron chi connectivity index (χ1n) is 8.56. The summed E-state index contributed by atoms with van der Waals surface area (Å²) >= 11 is 0. The Bertz CT molecular complexity index is 763. The highest BCUT2D eigenvalue weighted by atomic mass is 16.8. The standard InChI is InChI=1S/C18H22N2O5/c1-5-18(4)23-14-15(24-18)17(3)9-11(8-16(14,2)25-17)13-7-6-12(10-19-13)20(21)22/h6-8,10,14-15H,5,9H2,1-4H3/t14-,15+,16+,17-,18?/m0/s1. The summed E-state index contributed by atoms with van der Waals surface area (Å²) in [5, 5.41) is 10.8.